The molecule has 0 aromatic carbocycles. The smallest absolute Gasteiger partial charge is 0.239 e. The molecule has 0 bridgehead atoms. The summed E-state index contributed by atoms with van der Waals surface area (Å²) >= 11 is 4.99. The van der Waals surface area contributed by atoms with E-state index in [1.54, 1.807) is 0 Å². The van der Waals surface area contributed by atoms with Crippen molar-refractivity contribution >= 4 is 23.2 Å². The van der Waals surface area contributed by atoms with Crippen LogP contribution < -0.4 is 16.0 Å². The number of likely N-dealkylation sites (N-methyl/N-ethyl adjacent to an activating group) is 1. The van der Waals surface area contributed by atoms with Crippen LogP contribution in [0.25, 0.3) is 0 Å². The van der Waals surface area contributed by atoms with Crippen LogP contribution in [-0.2, 0) is 9.53 Å². The molecule has 0 aliphatic carbocycles. The van der Waals surface area contributed by atoms with Crippen LogP contribution >= 0.6 is 12.2 Å². The Hall–Kier alpha value is -0.880. The van der Waals surface area contributed by atoms with Crippen LogP contribution in [0.1, 0.15) is 20.3 Å². The Morgan fingerprint density at radius 1 is 1.25 bits per heavy atom. The normalized spacial score (nSPS) is 9.62. The number of rotatable bonds is 8. The summed E-state index contributed by atoms with van der Waals surface area (Å²) < 4.78 is 5.18. The van der Waals surface area contributed by atoms with Gasteiger partial charge in [-0.2, -0.15) is 0 Å². The number of thiocarbonyl (C=S) groups is 1. The van der Waals surface area contributed by atoms with Gasteiger partial charge in [0.1, 0.15) is 0 Å². The molecule has 0 aliphatic rings. The Balaban J connectivity index is 3.34. The third-order valence-corrected chi connectivity index (χ3v) is 2.03. The van der Waals surface area contributed by atoms with E-state index in [9.17, 15) is 4.79 Å². The van der Waals surface area contributed by atoms with Crippen molar-refractivity contribution in [1.29, 1.82) is 0 Å². The summed E-state index contributed by atoms with van der Waals surface area (Å²) in [5, 5.41) is 9.00. The van der Waals surface area contributed by atoms with Gasteiger partial charge in [-0.05, 0) is 32.5 Å². The highest BCUT2D eigenvalue weighted by atomic mass is 32.1. The molecule has 6 heteroatoms. The van der Waals surface area contributed by atoms with Gasteiger partial charge >= 0.3 is 0 Å². The van der Waals surface area contributed by atoms with Crippen molar-refractivity contribution in [3.05, 3.63) is 0 Å². The lowest BCUT2D eigenvalue weighted by atomic mass is 10.4. The van der Waals surface area contributed by atoms with Crippen molar-refractivity contribution in [3.8, 4) is 0 Å². The lowest BCUT2D eigenvalue weighted by molar-refractivity contribution is -0.119. The summed E-state index contributed by atoms with van der Waals surface area (Å²) in [6, 6.07) is 0. The summed E-state index contributed by atoms with van der Waals surface area (Å²) in [7, 11) is 0. The molecule has 5 nitrogen and oxygen atoms in total. The molecule has 0 fully saturated rings. The molecule has 1 amide bonds. The van der Waals surface area contributed by atoms with Gasteiger partial charge in [0.15, 0.2) is 5.11 Å². The van der Waals surface area contributed by atoms with E-state index in [1.807, 2.05) is 13.8 Å². The number of carbonyl (C=O) groups is 1. The first-order valence-corrected chi connectivity index (χ1v) is 5.97. The van der Waals surface area contributed by atoms with Crippen LogP contribution in [0.15, 0.2) is 0 Å². The van der Waals surface area contributed by atoms with Crippen molar-refractivity contribution in [3.63, 3.8) is 0 Å². The highest BCUT2D eigenvalue weighted by Crippen LogP contribution is 1.80. The van der Waals surface area contributed by atoms with Crippen molar-refractivity contribution in [2.45, 2.75) is 20.3 Å². The van der Waals surface area contributed by atoms with E-state index in [-0.39, 0.29) is 12.5 Å². The molecule has 0 heterocycles. The van der Waals surface area contributed by atoms with E-state index in [4.69, 9.17) is 17.0 Å². The zero-order valence-electron chi connectivity index (χ0n) is 9.97. The lowest BCUT2D eigenvalue weighted by Gasteiger charge is -2.10. The van der Waals surface area contributed by atoms with Gasteiger partial charge in [0.25, 0.3) is 0 Å². The third-order valence-electron chi connectivity index (χ3n) is 1.74. The van der Waals surface area contributed by atoms with Gasteiger partial charge < -0.3 is 20.7 Å². The molecule has 0 aromatic heterocycles. The second-order valence-corrected chi connectivity index (χ2v) is 3.52. The maximum atomic E-state index is 11.1. The number of ether oxygens (including phenoxy) is 1. The predicted octanol–water partition coefficient (Wildman–Crippen LogP) is 0.0132. The summed E-state index contributed by atoms with van der Waals surface area (Å²) in [6.07, 6.45) is 0.900. The SMILES string of the molecule is CCNC(=O)CNC(=S)NCCCOCC. The third kappa shape index (κ3) is 9.67. The predicted molar refractivity (Wildman–Crippen MR) is 68.4 cm³/mol. The van der Waals surface area contributed by atoms with Crippen LogP contribution in [-0.4, -0.2) is 43.9 Å². The minimum absolute atomic E-state index is 0.0547. The number of amides is 1. The molecule has 0 spiro atoms. The van der Waals surface area contributed by atoms with Gasteiger partial charge in [-0.3, -0.25) is 4.79 Å². The van der Waals surface area contributed by atoms with Crippen LogP contribution in [0.4, 0.5) is 0 Å². The molecular formula is C10H21N3O2S. The Kier molecular flexibility index (Phi) is 10.0. The maximum Gasteiger partial charge on any atom is 0.239 e. The Bertz CT molecular complexity index is 212. The lowest BCUT2D eigenvalue weighted by Crippen LogP contribution is -2.42. The second kappa shape index (κ2) is 10.6. The Labute approximate surface area is 102 Å². The van der Waals surface area contributed by atoms with Crippen LogP contribution in [0.2, 0.25) is 0 Å². The zero-order chi connectivity index (χ0) is 12.2. The minimum Gasteiger partial charge on any atom is -0.382 e. The van der Waals surface area contributed by atoms with Gasteiger partial charge in [0.05, 0.1) is 6.54 Å². The van der Waals surface area contributed by atoms with Crippen molar-refractivity contribution in [1.82, 2.24) is 16.0 Å². The molecule has 0 atom stereocenters. The molecule has 0 radical (unpaired) electrons. The van der Waals surface area contributed by atoms with Gasteiger partial charge in [-0.1, -0.05) is 0 Å². The summed E-state index contributed by atoms with van der Waals surface area (Å²) in [5.74, 6) is -0.0547. The number of carbonyl (C=O) groups excluding carboxylic acids is 1. The van der Waals surface area contributed by atoms with E-state index < -0.39 is 0 Å². The van der Waals surface area contributed by atoms with E-state index in [2.05, 4.69) is 16.0 Å². The number of hydrogen-bond donors (Lipinski definition) is 3. The quantitative estimate of drug-likeness (QED) is 0.417. The standard InChI is InChI=1S/C10H21N3O2S/c1-3-11-9(14)8-13-10(16)12-6-5-7-15-4-2/h3-8H2,1-2H3,(H,11,14)(H2,12,13,16). The van der Waals surface area contributed by atoms with Crippen LogP contribution in [0, 0.1) is 0 Å². The van der Waals surface area contributed by atoms with Gasteiger partial charge in [-0.15, -0.1) is 0 Å². The molecule has 0 unspecified atom stereocenters. The van der Waals surface area contributed by atoms with E-state index >= 15 is 0 Å². The number of nitrogens with one attached hydrogen (secondary N) is 3. The fraction of sp³-hybridized carbons (Fsp3) is 0.800. The fourth-order valence-electron chi connectivity index (χ4n) is 1.00. The van der Waals surface area contributed by atoms with Crippen molar-refractivity contribution in [2.75, 3.05) is 32.8 Å². The summed E-state index contributed by atoms with van der Waals surface area (Å²) in [5.41, 5.74) is 0. The van der Waals surface area contributed by atoms with Crippen LogP contribution in [0.5, 0.6) is 0 Å². The molecule has 0 saturated carbocycles. The summed E-state index contributed by atoms with van der Waals surface area (Å²) in [6.45, 7) is 6.90. The minimum atomic E-state index is -0.0547. The Morgan fingerprint density at radius 3 is 2.62 bits per heavy atom. The molecular weight excluding hydrogens is 226 g/mol. The molecule has 94 valence electrons. The Morgan fingerprint density at radius 2 is 2.00 bits per heavy atom. The van der Waals surface area contributed by atoms with Crippen molar-refractivity contribution < 1.29 is 9.53 Å². The first-order chi connectivity index (χ1) is 7.70. The van der Waals surface area contributed by atoms with E-state index in [1.165, 1.54) is 0 Å². The van der Waals surface area contributed by atoms with Gasteiger partial charge in [-0.25, -0.2) is 0 Å². The topological polar surface area (TPSA) is 62.4 Å². The van der Waals surface area contributed by atoms with Gasteiger partial charge in [0.2, 0.25) is 5.91 Å². The molecule has 0 aromatic rings. The molecule has 0 aliphatic heterocycles. The average molecular weight is 247 g/mol. The van der Waals surface area contributed by atoms with E-state index in [0.29, 0.717) is 11.7 Å². The molecule has 3 N–H and O–H groups in total. The molecule has 16 heavy (non-hydrogen) atoms. The number of hydrogen-bond acceptors (Lipinski definition) is 3. The second-order valence-electron chi connectivity index (χ2n) is 3.11. The zero-order valence-corrected chi connectivity index (χ0v) is 10.8. The molecule has 0 saturated heterocycles. The average Bonchev–Trinajstić information content (AvgIpc) is 2.26. The monoisotopic (exact) mass is 247 g/mol. The maximum absolute atomic E-state index is 11.1. The highest BCUT2D eigenvalue weighted by Gasteiger charge is 2.00. The first-order valence-electron chi connectivity index (χ1n) is 5.56. The van der Waals surface area contributed by atoms with Crippen LogP contribution in [0.3, 0.4) is 0 Å². The largest absolute Gasteiger partial charge is 0.382 e. The highest BCUT2D eigenvalue weighted by molar-refractivity contribution is 7.80. The first kappa shape index (κ1) is 15.1. The fourth-order valence-corrected chi connectivity index (χ4v) is 1.18. The van der Waals surface area contributed by atoms with Gasteiger partial charge in [0, 0.05) is 26.3 Å². The molecule has 0 rings (SSSR count). The van der Waals surface area contributed by atoms with Crippen molar-refractivity contribution in [2.24, 2.45) is 0 Å². The summed E-state index contributed by atoms with van der Waals surface area (Å²) in [4.78, 5) is 11.1. The van der Waals surface area contributed by atoms with E-state index in [0.717, 1.165) is 26.2 Å².